The molecule has 2 radical (unpaired) electrons. The number of ether oxygens (including phenoxy) is 3. The summed E-state index contributed by atoms with van der Waals surface area (Å²) in [5, 5.41) is 6.35. The van der Waals surface area contributed by atoms with Gasteiger partial charge in [-0.2, -0.15) is 20.0 Å². The maximum Gasteiger partial charge on any atom is 0.490 e. The zero-order valence-corrected chi connectivity index (χ0v) is 25.6. The number of carbonyl (C=O) groups is 1. The average Bonchev–Trinajstić information content (AvgIpc) is 3.61. The van der Waals surface area contributed by atoms with E-state index in [1.54, 1.807) is 0 Å². The van der Waals surface area contributed by atoms with Gasteiger partial charge in [-0.25, -0.2) is 23.7 Å². The second-order valence-electron chi connectivity index (χ2n) is 8.51. The second-order valence-corrected chi connectivity index (χ2v) is 14.1. The molecule has 236 valence electrons. The number of anilines is 1. The molecule has 0 spiro atoms. The summed E-state index contributed by atoms with van der Waals surface area (Å²) in [6.45, 7) is -1.23. The number of aromatic nitrogens is 4. The molecule has 1 amide bonds. The third-order valence-corrected chi connectivity index (χ3v) is 10.3. The van der Waals surface area contributed by atoms with Gasteiger partial charge in [0.2, 0.25) is 5.91 Å². The standard InChI is InChI=1S/C18H23N6O14P3S2/c1-33-13-10(5-35-40(29,30)38-41(31,32)37-39(26,27)28)36-17(24-8-21-12-15(24)22-18(19)23-16(12)42)14(13)34-6-11(25)20-4-9-2-3-43-7-9/h1-3,7-8,10,13-14,17H,4-6H2,(H,20,25)(H,29,30)(H,31,32)(H2,26,27,28)(H3,19,22,23,42)/t10-,13?,14+,17-/m1/s1. The lowest BCUT2D eigenvalue weighted by atomic mass is 10.1. The Morgan fingerprint density at radius 3 is 2.63 bits per heavy atom. The first-order chi connectivity index (χ1) is 20.1. The lowest BCUT2D eigenvalue weighted by molar-refractivity contribution is -0.133. The Labute approximate surface area is 250 Å². The van der Waals surface area contributed by atoms with E-state index in [-0.39, 0.29) is 28.3 Å². The Morgan fingerprint density at radius 1 is 1.23 bits per heavy atom. The van der Waals surface area contributed by atoms with Crippen LogP contribution in [0.25, 0.3) is 11.2 Å². The molecule has 43 heavy (non-hydrogen) atoms. The van der Waals surface area contributed by atoms with Crippen molar-refractivity contribution >= 4 is 70.0 Å². The minimum absolute atomic E-state index is 0.0455. The number of rotatable bonds is 14. The zero-order chi connectivity index (χ0) is 31.6. The number of fused-ring (bicyclic) bond motifs is 1. The summed E-state index contributed by atoms with van der Waals surface area (Å²) < 4.78 is 65.0. The van der Waals surface area contributed by atoms with Crippen LogP contribution in [0.4, 0.5) is 5.95 Å². The minimum Gasteiger partial charge on any atom is -0.369 e. The summed E-state index contributed by atoms with van der Waals surface area (Å²) in [5.74, 6) is -0.598. The number of amides is 1. The summed E-state index contributed by atoms with van der Waals surface area (Å²) in [4.78, 5) is 60.0. The van der Waals surface area contributed by atoms with E-state index < -0.39 is 67.1 Å². The first kappa shape index (κ1) is 33.9. The highest BCUT2D eigenvalue weighted by Gasteiger charge is 2.49. The molecule has 3 aromatic heterocycles. The molecule has 20 nitrogen and oxygen atoms in total. The van der Waals surface area contributed by atoms with Crippen LogP contribution in [-0.2, 0) is 52.4 Å². The van der Waals surface area contributed by atoms with Crippen LogP contribution in [0.5, 0.6) is 0 Å². The van der Waals surface area contributed by atoms with Crippen LogP contribution in [0, 0.1) is 11.8 Å². The first-order valence-corrected chi connectivity index (χ1v) is 17.4. The largest absolute Gasteiger partial charge is 0.490 e. The molecule has 8 N–H and O–H groups in total. The fourth-order valence-corrected chi connectivity index (χ4v) is 7.79. The number of imidazole rings is 1. The molecule has 25 heteroatoms. The van der Waals surface area contributed by atoms with Crippen LogP contribution in [0.1, 0.15) is 11.8 Å². The van der Waals surface area contributed by atoms with E-state index in [1.165, 1.54) is 22.2 Å². The normalized spacial score (nSPS) is 23.7. The number of H-pyrrole nitrogens is 1. The molecule has 4 heterocycles. The van der Waals surface area contributed by atoms with E-state index in [2.05, 4.69) is 28.9 Å². The predicted molar refractivity (Wildman–Crippen MR) is 146 cm³/mol. The number of nitrogens with two attached hydrogens (primary N) is 1. The van der Waals surface area contributed by atoms with Gasteiger partial charge in [0.25, 0.3) is 0 Å². The summed E-state index contributed by atoms with van der Waals surface area (Å²) in [6, 6.07) is 1.82. The highest BCUT2D eigenvalue weighted by Crippen LogP contribution is 2.66. The molecule has 1 aliphatic heterocycles. The molecular formula is C18H23N6O14P3S2. The van der Waals surface area contributed by atoms with Crippen molar-refractivity contribution in [3.63, 3.8) is 0 Å². The molecule has 3 unspecified atom stereocenters. The number of phosphoric ester groups is 1. The monoisotopic (exact) mass is 704 g/mol. The van der Waals surface area contributed by atoms with Crippen LogP contribution in [0.3, 0.4) is 0 Å². The number of aromatic amines is 1. The molecule has 1 fully saturated rings. The average molecular weight is 704 g/mol. The van der Waals surface area contributed by atoms with Crippen molar-refractivity contribution in [2.45, 2.75) is 31.1 Å². The number of hydrogen-bond acceptors (Lipinski definition) is 15. The number of phosphoric acid groups is 3. The number of hydrogen-bond donors (Lipinski definition) is 7. The van der Waals surface area contributed by atoms with E-state index in [1.807, 2.05) is 16.8 Å². The smallest absolute Gasteiger partial charge is 0.369 e. The highest BCUT2D eigenvalue weighted by atomic mass is 32.1. The molecule has 0 aliphatic carbocycles. The Bertz CT molecular complexity index is 1650. The van der Waals surface area contributed by atoms with Gasteiger partial charge >= 0.3 is 23.5 Å². The van der Waals surface area contributed by atoms with Crippen molar-refractivity contribution in [2.75, 3.05) is 18.9 Å². The van der Waals surface area contributed by atoms with Crippen molar-refractivity contribution in [1.29, 1.82) is 0 Å². The van der Waals surface area contributed by atoms with E-state index in [0.717, 1.165) is 5.56 Å². The summed E-state index contributed by atoms with van der Waals surface area (Å²) in [7, 11) is -11.4. The number of nitrogen functional groups attached to an aromatic ring is 1. The van der Waals surface area contributed by atoms with Gasteiger partial charge in [0.1, 0.15) is 43.2 Å². The Balaban J connectivity index is 1.54. The van der Waals surface area contributed by atoms with Gasteiger partial charge in [-0.05, 0) is 22.4 Å². The summed E-state index contributed by atoms with van der Waals surface area (Å²) >= 11 is 6.63. The van der Waals surface area contributed by atoms with E-state index in [4.69, 9.17) is 53.6 Å². The van der Waals surface area contributed by atoms with Crippen molar-refractivity contribution < 1.29 is 65.4 Å². The van der Waals surface area contributed by atoms with Crippen LogP contribution in [0.15, 0.2) is 23.2 Å². The molecule has 0 saturated carbocycles. The van der Waals surface area contributed by atoms with Crippen molar-refractivity contribution in [3.8, 4) is 0 Å². The fourth-order valence-electron chi connectivity index (χ4n) is 3.84. The lowest BCUT2D eigenvalue weighted by Crippen LogP contribution is -2.39. The summed E-state index contributed by atoms with van der Waals surface area (Å²) in [5.41, 5.74) is 7.07. The molecule has 0 bridgehead atoms. The maximum atomic E-state index is 12.5. The summed E-state index contributed by atoms with van der Waals surface area (Å²) in [6.07, 6.45) is -3.92. The van der Waals surface area contributed by atoms with Gasteiger partial charge in [-0.3, -0.25) is 13.9 Å². The molecular weight excluding hydrogens is 681 g/mol. The SMILES string of the molecule is [CH]OC1[C@@H](COP(=O)(O)OP(=O)(O)OP(=O)(O)O)O[C@@H](n2cnc3c(=S)nc(N)[nH]c32)[C@H]1OCC(=O)NCc1ccsc1. The Morgan fingerprint density at radius 2 is 1.98 bits per heavy atom. The third kappa shape index (κ3) is 9.04. The van der Waals surface area contributed by atoms with E-state index in [9.17, 15) is 28.3 Å². The van der Waals surface area contributed by atoms with Crippen molar-refractivity contribution in [3.05, 3.63) is 40.5 Å². The molecule has 0 aromatic carbocycles. The topological polar surface area (TPSA) is 289 Å². The molecule has 3 aromatic rings. The predicted octanol–water partition coefficient (Wildman–Crippen LogP) is 1.13. The number of nitrogens with one attached hydrogen (secondary N) is 2. The van der Waals surface area contributed by atoms with Gasteiger partial charge in [0, 0.05) is 6.54 Å². The highest BCUT2D eigenvalue weighted by molar-refractivity contribution is 7.71. The maximum absolute atomic E-state index is 12.5. The van der Waals surface area contributed by atoms with Crippen LogP contribution in [-0.4, -0.2) is 76.5 Å². The fraction of sp³-hybridized carbons (Fsp3) is 0.389. The van der Waals surface area contributed by atoms with Gasteiger partial charge in [0.05, 0.1) is 12.9 Å². The quantitative estimate of drug-likeness (QED) is 0.0914. The number of thiophene rings is 1. The van der Waals surface area contributed by atoms with Crippen LogP contribution < -0.4 is 11.1 Å². The lowest BCUT2D eigenvalue weighted by Gasteiger charge is -2.24. The third-order valence-electron chi connectivity index (χ3n) is 5.48. The molecule has 1 saturated heterocycles. The van der Waals surface area contributed by atoms with Gasteiger partial charge < -0.3 is 49.8 Å². The van der Waals surface area contributed by atoms with E-state index >= 15 is 0 Å². The van der Waals surface area contributed by atoms with Crippen molar-refractivity contribution in [1.82, 2.24) is 24.8 Å². The van der Waals surface area contributed by atoms with Gasteiger partial charge in [0.15, 0.2) is 16.8 Å². The second kappa shape index (κ2) is 13.6. The first-order valence-electron chi connectivity index (χ1n) is 11.5. The molecule has 1 aliphatic rings. The van der Waals surface area contributed by atoms with E-state index in [0.29, 0.717) is 0 Å². The molecule has 4 rings (SSSR count). The minimum atomic E-state index is -5.78. The molecule has 6 atom stereocenters. The Hall–Kier alpha value is -1.97. The Kier molecular flexibility index (Phi) is 10.7. The van der Waals surface area contributed by atoms with Gasteiger partial charge in [-0.1, -0.05) is 12.2 Å². The number of nitrogens with zero attached hydrogens (tertiary/aromatic N) is 3. The number of carbonyl (C=O) groups excluding carboxylic acids is 1. The van der Waals surface area contributed by atoms with Crippen LogP contribution >= 0.6 is 47.0 Å². The zero-order valence-electron chi connectivity index (χ0n) is 21.3. The van der Waals surface area contributed by atoms with Crippen molar-refractivity contribution in [2.24, 2.45) is 0 Å². The van der Waals surface area contributed by atoms with Gasteiger partial charge in [-0.15, -0.1) is 0 Å². The van der Waals surface area contributed by atoms with Crippen LogP contribution in [0.2, 0.25) is 0 Å².